The summed E-state index contributed by atoms with van der Waals surface area (Å²) in [5, 5.41) is 20.0. The molecule has 8 heteroatoms. The number of amides is 1. The zero-order chi connectivity index (χ0) is 15.6. The minimum Gasteiger partial charge on any atom is -0.481 e. The molecule has 1 fully saturated rings. The summed E-state index contributed by atoms with van der Waals surface area (Å²) < 4.78 is 2.56. The first-order valence-corrected chi connectivity index (χ1v) is 7.30. The van der Waals surface area contributed by atoms with E-state index in [1.165, 1.54) is 0 Å². The molecule has 0 aliphatic heterocycles. The molecule has 1 amide bonds. The molecule has 2 rings (SSSR count). The van der Waals surface area contributed by atoms with E-state index in [-0.39, 0.29) is 18.9 Å². The standard InChI is InChI=1S/C13H15BrN2O5/c14-7-5-10(16(6-7)8-1-2-8)12(19)15-9(13(20)21)3-4-11(17)18/h5-6,8-9H,1-4H2,(H,15,19)(H,17,18)(H,20,21). The van der Waals surface area contributed by atoms with Gasteiger partial charge in [-0.15, -0.1) is 0 Å². The van der Waals surface area contributed by atoms with Crippen LogP contribution in [0.1, 0.15) is 42.2 Å². The molecular formula is C13H15BrN2O5. The Morgan fingerprint density at radius 3 is 2.57 bits per heavy atom. The van der Waals surface area contributed by atoms with Gasteiger partial charge in [-0.2, -0.15) is 0 Å². The van der Waals surface area contributed by atoms with Crippen molar-refractivity contribution in [3.05, 3.63) is 22.4 Å². The van der Waals surface area contributed by atoms with Crippen LogP contribution in [-0.4, -0.2) is 38.7 Å². The van der Waals surface area contributed by atoms with Crippen LogP contribution in [0.3, 0.4) is 0 Å². The molecule has 7 nitrogen and oxygen atoms in total. The number of hydrogen-bond acceptors (Lipinski definition) is 3. The second-order valence-electron chi connectivity index (χ2n) is 4.98. The van der Waals surface area contributed by atoms with Gasteiger partial charge in [-0.3, -0.25) is 9.59 Å². The number of hydrogen-bond donors (Lipinski definition) is 3. The van der Waals surface area contributed by atoms with Gasteiger partial charge >= 0.3 is 11.9 Å². The van der Waals surface area contributed by atoms with E-state index in [4.69, 9.17) is 10.2 Å². The summed E-state index contributed by atoms with van der Waals surface area (Å²) in [4.78, 5) is 33.8. The molecule has 1 atom stereocenters. The lowest BCUT2D eigenvalue weighted by Crippen LogP contribution is -2.41. The van der Waals surface area contributed by atoms with Gasteiger partial charge in [0.05, 0.1) is 0 Å². The highest BCUT2D eigenvalue weighted by molar-refractivity contribution is 9.10. The summed E-state index contributed by atoms with van der Waals surface area (Å²) in [6.07, 6.45) is 3.30. The summed E-state index contributed by atoms with van der Waals surface area (Å²) in [6, 6.07) is 0.693. The Hall–Kier alpha value is -1.83. The second kappa shape index (κ2) is 6.30. The number of halogens is 1. The third kappa shape index (κ3) is 4.07. The van der Waals surface area contributed by atoms with Gasteiger partial charge in [0.25, 0.3) is 5.91 Å². The van der Waals surface area contributed by atoms with E-state index >= 15 is 0 Å². The summed E-state index contributed by atoms with van der Waals surface area (Å²) in [5.74, 6) is -2.85. The SMILES string of the molecule is O=C(O)CCC(NC(=O)c1cc(Br)cn1C1CC1)C(=O)O. The first-order chi connectivity index (χ1) is 9.88. The molecule has 21 heavy (non-hydrogen) atoms. The lowest BCUT2D eigenvalue weighted by molar-refractivity contribution is -0.140. The Bertz CT molecular complexity index is 579. The predicted octanol–water partition coefficient (Wildman–Crippen LogP) is 1.63. The van der Waals surface area contributed by atoms with Crippen LogP contribution in [0, 0.1) is 0 Å². The third-order valence-corrected chi connectivity index (χ3v) is 3.67. The lowest BCUT2D eigenvalue weighted by atomic mass is 10.1. The number of carboxylic acids is 2. The van der Waals surface area contributed by atoms with E-state index < -0.39 is 23.9 Å². The average Bonchev–Trinajstić information content (AvgIpc) is 3.16. The molecule has 3 N–H and O–H groups in total. The fourth-order valence-electron chi connectivity index (χ4n) is 2.04. The van der Waals surface area contributed by atoms with Crippen molar-refractivity contribution < 1.29 is 24.6 Å². The molecule has 1 aromatic heterocycles. The number of nitrogens with zero attached hydrogens (tertiary/aromatic N) is 1. The molecule has 0 bridgehead atoms. The highest BCUT2D eigenvalue weighted by Crippen LogP contribution is 2.37. The molecule has 1 heterocycles. The first kappa shape index (κ1) is 15.6. The van der Waals surface area contributed by atoms with Gasteiger partial charge < -0.3 is 20.1 Å². The zero-order valence-corrected chi connectivity index (χ0v) is 12.7. The molecule has 1 saturated carbocycles. The van der Waals surface area contributed by atoms with E-state index in [2.05, 4.69) is 21.2 Å². The Morgan fingerprint density at radius 2 is 2.05 bits per heavy atom. The molecule has 1 aliphatic carbocycles. The molecule has 0 aromatic carbocycles. The number of carbonyl (C=O) groups is 3. The minimum atomic E-state index is -1.24. The van der Waals surface area contributed by atoms with Crippen LogP contribution in [0.5, 0.6) is 0 Å². The van der Waals surface area contributed by atoms with Crippen molar-refractivity contribution in [3.63, 3.8) is 0 Å². The number of nitrogens with one attached hydrogen (secondary N) is 1. The van der Waals surface area contributed by atoms with E-state index in [0.29, 0.717) is 5.69 Å². The van der Waals surface area contributed by atoms with Crippen LogP contribution in [0.4, 0.5) is 0 Å². The van der Waals surface area contributed by atoms with Crippen molar-refractivity contribution >= 4 is 33.8 Å². The van der Waals surface area contributed by atoms with Gasteiger partial charge in [0.2, 0.25) is 0 Å². The predicted molar refractivity (Wildman–Crippen MR) is 76.2 cm³/mol. The molecule has 114 valence electrons. The van der Waals surface area contributed by atoms with Crippen molar-refractivity contribution in [2.45, 2.75) is 37.8 Å². The summed E-state index contributed by atoms with van der Waals surface area (Å²) in [5.41, 5.74) is 0.381. The number of rotatable bonds is 7. The number of carbonyl (C=O) groups excluding carboxylic acids is 1. The van der Waals surface area contributed by atoms with Gasteiger partial charge in [0.1, 0.15) is 11.7 Å². The van der Waals surface area contributed by atoms with Crippen molar-refractivity contribution in [3.8, 4) is 0 Å². The third-order valence-electron chi connectivity index (χ3n) is 3.24. The smallest absolute Gasteiger partial charge is 0.326 e. The Kier molecular flexibility index (Phi) is 4.66. The summed E-state index contributed by atoms with van der Waals surface area (Å²) in [7, 11) is 0. The number of carboxylic acid groups (broad SMARTS) is 2. The van der Waals surface area contributed by atoms with E-state index in [0.717, 1.165) is 17.3 Å². The fourth-order valence-corrected chi connectivity index (χ4v) is 2.48. The second-order valence-corrected chi connectivity index (χ2v) is 5.89. The van der Waals surface area contributed by atoms with E-state index in [9.17, 15) is 14.4 Å². The zero-order valence-electron chi connectivity index (χ0n) is 11.1. The fraction of sp³-hybridized carbons (Fsp3) is 0.462. The summed E-state index contributed by atoms with van der Waals surface area (Å²) in [6.45, 7) is 0. The van der Waals surface area contributed by atoms with Crippen molar-refractivity contribution in [2.24, 2.45) is 0 Å². The largest absolute Gasteiger partial charge is 0.481 e. The van der Waals surface area contributed by atoms with Gasteiger partial charge in [-0.25, -0.2) is 4.79 Å². The highest BCUT2D eigenvalue weighted by Gasteiger charge is 2.29. The van der Waals surface area contributed by atoms with Crippen molar-refractivity contribution in [1.82, 2.24) is 9.88 Å². The maximum absolute atomic E-state index is 12.2. The molecule has 0 saturated heterocycles. The normalized spacial score (nSPS) is 15.5. The topological polar surface area (TPSA) is 109 Å². The van der Waals surface area contributed by atoms with Crippen molar-refractivity contribution in [1.29, 1.82) is 0 Å². The molecule has 1 aliphatic rings. The minimum absolute atomic E-state index is 0.151. The van der Waals surface area contributed by atoms with Crippen LogP contribution in [0.15, 0.2) is 16.7 Å². The van der Waals surface area contributed by atoms with Crippen LogP contribution in [-0.2, 0) is 9.59 Å². The lowest BCUT2D eigenvalue weighted by Gasteiger charge is -2.14. The molecular weight excluding hydrogens is 344 g/mol. The van der Waals surface area contributed by atoms with Gasteiger partial charge in [-0.1, -0.05) is 0 Å². The van der Waals surface area contributed by atoms with Gasteiger partial charge in [0.15, 0.2) is 0 Å². The van der Waals surface area contributed by atoms with Crippen LogP contribution in [0.2, 0.25) is 0 Å². The van der Waals surface area contributed by atoms with Gasteiger partial charge in [-0.05, 0) is 41.3 Å². The average molecular weight is 359 g/mol. The Morgan fingerprint density at radius 1 is 1.38 bits per heavy atom. The molecule has 0 radical (unpaired) electrons. The van der Waals surface area contributed by atoms with Crippen LogP contribution >= 0.6 is 15.9 Å². The monoisotopic (exact) mass is 358 g/mol. The van der Waals surface area contributed by atoms with Gasteiger partial charge in [0, 0.05) is 23.1 Å². The van der Waals surface area contributed by atoms with Crippen molar-refractivity contribution in [2.75, 3.05) is 0 Å². The number of aromatic nitrogens is 1. The summed E-state index contributed by atoms with van der Waals surface area (Å²) >= 11 is 3.30. The Balaban J connectivity index is 2.08. The highest BCUT2D eigenvalue weighted by atomic mass is 79.9. The number of aliphatic carboxylic acids is 2. The molecule has 1 aromatic rings. The van der Waals surface area contributed by atoms with Crippen LogP contribution < -0.4 is 5.32 Å². The molecule has 0 spiro atoms. The molecule has 1 unspecified atom stereocenters. The maximum atomic E-state index is 12.2. The van der Waals surface area contributed by atoms with E-state index in [1.807, 2.05) is 4.57 Å². The maximum Gasteiger partial charge on any atom is 0.326 e. The van der Waals surface area contributed by atoms with E-state index in [1.54, 1.807) is 12.3 Å². The Labute approximate surface area is 129 Å². The first-order valence-electron chi connectivity index (χ1n) is 6.51. The van der Waals surface area contributed by atoms with Crippen LogP contribution in [0.25, 0.3) is 0 Å². The quantitative estimate of drug-likeness (QED) is 0.686.